The van der Waals surface area contributed by atoms with Gasteiger partial charge in [0.25, 0.3) is 0 Å². The Morgan fingerprint density at radius 3 is 2.88 bits per heavy atom. The first-order chi connectivity index (χ1) is 8.16. The minimum atomic E-state index is -0.288. The number of nitrogens with one attached hydrogen (secondary N) is 2. The van der Waals surface area contributed by atoms with Crippen molar-refractivity contribution >= 4 is 11.8 Å². The molecule has 2 atom stereocenters. The molecular weight excluding hydrogens is 218 g/mol. The van der Waals surface area contributed by atoms with Crippen LogP contribution in [-0.2, 0) is 9.59 Å². The Labute approximate surface area is 102 Å². The average molecular weight is 239 g/mol. The molecule has 0 aromatic rings. The molecule has 5 nitrogen and oxygen atoms in total. The standard InChI is InChI=1S/C12H21N3O2/c1-15(8-9-3-2-6-13-7-9)12(17)10-4-5-11(16)14-10/h9-10,13H,2-8H2,1H3,(H,14,16). The van der Waals surface area contributed by atoms with Gasteiger partial charge in [0.05, 0.1) is 0 Å². The van der Waals surface area contributed by atoms with Gasteiger partial charge in [-0.1, -0.05) is 0 Å². The highest BCUT2D eigenvalue weighted by molar-refractivity contribution is 5.90. The summed E-state index contributed by atoms with van der Waals surface area (Å²) in [6.07, 6.45) is 3.49. The molecule has 0 bridgehead atoms. The third kappa shape index (κ3) is 3.19. The number of carbonyl (C=O) groups excluding carboxylic acids is 2. The number of nitrogens with zero attached hydrogens (tertiary/aromatic N) is 1. The van der Waals surface area contributed by atoms with Crippen LogP contribution in [0.5, 0.6) is 0 Å². The van der Waals surface area contributed by atoms with Crippen molar-refractivity contribution in [3.8, 4) is 0 Å². The first kappa shape index (κ1) is 12.4. The molecule has 2 aliphatic heterocycles. The van der Waals surface area contributed by atoms with Crippen molar-refractivity contribution in [1.29, 1.82) is 0 Å². The fraction of sp³-hybridized carbons (Fsp3) is 0.833. The van der Waals surface area contributed by atoms with Gasteiger partial charge in [-0.25, -0.2) is 0 Å². The number of carbonyl (C=O) groups is 2. The van der Waals surface area contributed by atoms with Crippen LogP contribution >= 0.6 is 0 Å². The summed E-state index contributed by atoms with van der Waals surface area (Å²) in [5.41, 5.74) is 0. The van der Waals surface area contributed by atoms with Crippen LogP contribution in [0.1, 0.15) is 25.7 Å². The van der Waals surface area contributed by atoms with Gasteiger partial charge in [0.1, 0.15) is 6.04 Å². The smallest absolute Gasteiger partial charge is 0.244 e. The number of piperidine rings is 1. The Kier molecular flexibility index (Phi) is 3.99. The van der Waals surface area contributed by atoms with Crippen LogP contribution in [0.25, 0.3) is 0 Å². The molecule has 2 aliphatic rings. The van der Waals surface area contributed by atoms with Crippen molar-refractivity contribution in [1.82, 2.24) is 15.5 Å². The van der Waals surface area contributed by atoms with E-state index in [1.165, 1.54) is 12.8 Å². The van der Waals surface area contributed by atoms with Gasteiger partial charge < -0.3 is 15.5 Å². The first-order valence-electron chi connectivity index (χ1n) is 6.42. The van der Waals surface area contributed by atoms with E-state index in [9.17, 15) is 9.59 Å². The Balaban J connectivity index is 1.80. The molecule has 2 rings (SSSR count). The summed E-state index contributed by atoms with van der Waals surface area (Å²) in [6, 6.07) is -0.288. The normalized spacial score (nSPS) is 28.9. The monoisotopic (exact) mass is 239 g/mol. The van der Waals surface area contributed by atoms with Crippen molar-refractivity contribution in [2.75, 3.05) is 26.7 Å². The van der Waals surface area contributed by atoms with Gasteiger partial charge in [-0.05, 0) is 38.3 Å². The molecule has 0 aromatic carbocycles. The Bertz CT molecular complexity index is 300. The van der Waals surface area contributed by atoms with Crippen LogP contribution < -0.4 is 10.6 Å². The lowest BCUT2D eigenvalue weighted by Crippen LogP contribution is -2.46. The topological polar surface area (TPSA) is 61.4 Å². The molecule has 2 saturated heterocycles. The van der Waals surface area contributed by atoms with Crippen molar-refractivity contribution in [2.24, 2.45) is 5.92 Å². The molecule has 2 amide bonds. The van der Waals surface area contributed by atoms with Crippen molar-refractivity contribution < 1.29 is 9.59 Å². The quantitative estimate of drug-likeness (QED) is 0.712. The first-order valence-corrected chi connectivity index (χ1v) is 6.42. The van der Waals surface area contributed by atoms with E-state index in [4.69, 9.17) is 0 Å². The molecule has 96 valence electrons. The second kappa shape index (κ2) is 5.49. The van der Waals surface area contributed by atoms with Crippen LogP contribution in [0.3, 0.4) is 0 Å². The average Bonchev–Trinajstić information content (AvgIpc) is 2.76. The van der Waals surface area contributed by atoms with Crippen molar-refractivity contribution in [3.05, 3.63) is 0 Å². The maximum Gasteiger partial charge on any atom is 0.244 e. The van der Waals surface area contributed by atoms with Gasteiger partial charge >= 0.3 is 0 Å². The molecule has 0 saturated carbocycles. The molecule has 2 N–H and O–H groups in total. The van der Waals surface area contributed by atoms with Crippen molar-refractivity contribution in [2.45, 2.75) is 31.7 Å². The predicted octanol–water partition coefficient (Wildman–Crippen LogP) is -0.277. The molecule has 2 heterocycles. The number of likely N-dealkylation sites (N-methyl/N-ethyl adjacent to an activating group) is 1. The third-order valence-electron chi connectivity index (χ3n) is 3.60. The Hall–Kier alpha value is -1.10. The van der Waals surface area contributed by atoms with Crippen LogP contribution in [0, 0.1) is 5.92 Å². The second-order valence-electron chi connectivity index (χ2n) is 5.09. The summed E-state index contributed by atoms with van der Waals surface area (Å²) in [5.74, 6) is 0.604. The minimum absolute atomic E-state index is 0.00363. The molecule has 2 unspecified atom stereocenters. The van der Waals surface area contributed by atoms with Crippen LogP contribution in [-0.4, -0.2) is 49.4 Å². The number of hydrogen-bond donors (Lipinski definition) is 2. The van der Waals surface area contributed by atoms with Gasteiger partial charge in [0, 0.05) is 20.0 Å². The lowest BCUT2D eigenvalue weighted by molar-refractivity contribution is -0.133. The van der Waals surface area contributed by atoms with E-state index in [0.29, 0.717) is 18.8 Å². The highest BCUT2D eigenvalue weighted by Gasteiger charge is 2.30. The molecule has 0 aromatic heterocycles. The van der Waals surface area contributed by atoms with E-state index in [0.717, 1.165) is 19.6 Å². The van der Waals surface area contributed by atoms with E-state index < -0.39 is 0 Å². The van der Waals surface area contributed by atoms with Gasteiger partial charge in [-0.2, -0.15) is 0 Å². The van der Waals surface area contributed by atoms with Gasteiger partial charge in [-0.15, -0.1) is 0 Å². The molecule has 0 aliphatic carbocycles. The zero-order valence-corrected chi connectivity index (χ0v) is 10.4. The maximum absolute atomic E-state index is 12.1. The van der Waals surface area contributed by atoms with E-state index in [-0.39, 0.29) is 17.9 Å². The SMILES string of the molecule is CN(CC1CCCNC1)C(=O)C1CCC(=O)N1. The summed E-state index contributed by atoms with van der Waals surface area (Å²) in [5, 5.41) is 6.07. The fourth-order valence-electron chi connectivity index (χ4n) is 2.62. The summed E-state index contributed by atoms with van der Waals surface area (Å²) in [4.78, 5) is 24.9. The summed E-state index contributed by atoms with van der Waals surface area (Å²) in [7, 11) is 1.83. The number of hydrogen-bond acceptors (Lipinski definition) is 3. The van der Waals surface area contributed by atoms with Crippen molar-refractivity contribution in [3.63, 3.8) is 0 Å². The Morgan fingerprint density at radius 1 is 1.47 bits per heavy atom. The maximum atomic E-state index is 12.1. The van der Waals surface area contributed by atoms with E-state index in [1.807, 2.05) is 7.05 Å². The highest BCUT2D eigenvalue weighted by Crippen LogP contribution is 2.14. The van der Waals surface area contributed by atoms with Crippen LogP contribution in [0.4, 0.5) is 0 Å². The largest absolute Gasteiger partial charge is 0.344 e. The molecule has 0 radical (unpaired) electrons. The lowest BCUT2D eigenvalue weighted by atomic mass is 9.99. The predicted molar refractivity (Wildman–Crippen MR) is 64.4 cm³/mol. The zero-order chi connectivity index (χ0) is 12.3. The minimum Gasteiger partial charge on any atom is -0.344 e. The lowest BCUT2D eigenvalue weighted by Gasteiger charge is -2.29. The second-order valence-corrected chi connectivity index (χ2v) is 5.09. The molecule has 5 heteroatoms. The number of rotatable bonds is 3. The van der Waals surface area contributed by atoms with Gasteiger partial charge in [0.2, 0.25) is 11.8 Å². The molecule has 2 fully saturated rings. The van der Waals surface area contributed by atoms with Gasteiger partial charge in [0.15, 0.2) is 0 Å². The van der Waals surface area contributed by atoms with Gasteiger partial charge in [-0.3, -0.25) is 9.59 Å². The highest BCUT2D eigenvalue weighted by atomic mass is 16.2. The number of amides is 2. The zero-order valence-electron chi connectivity index (χ0n) is 10.4. The third-order valence-corrected chi connectivity index (χ3v) is 3.60. The van der Waals surface area contributed by atoms with E-state index in [1.54, 1.807) is 4.90 Å². The van der Waals surface area contributed by atoms with E-state index >= 15 is 0 Å². The van der Waals surface area contributed by atoms with Crippen LogP contribution in [0.15, 0.2) is 0 Å². The summed E-state index contributed by atoms with van der Waals surface area (Å²) in [6.45, 7) is 2.87. The molecule has 0 spiro atoms. The fourth-order valence-corrected chi connectivity index (χ4v) is 2.62. The van der Waals surface area contributed by atoms with E-state index in [2.05, 4.69) is 10.6 Å². The summed E-state index contributed by atoms with van der Waals surface area (Å²) >= 11 is 0. The summed E-state index contributed by atoms with van der Waals surface area (Å²) < 4.78 is 0. The van der Waals surface area contributed by atoms with Crippen LogP contribution in [0.2, 0.25) is 0 Å². The Morgan fingerprint density at radius 2 is 2.29 bits per heavy atom. The molecule has 17 heavy (non-hydrogen) atoms. The molecular formula is C12H21N3O2.